The largest absolute Gasteiger partial charge is 0.456 e. The summed E-state index contributed by atoms with van der Waals surface area (Å²) in [5.41, 5.74) is -0.604. The molecule has 124 valence electrons. The number of nitrogens with one attached hydrogen (secondary N) is 1. The van der Waals surface area contributed by atoms with Crippen molar-refractivity contribution in [3.8, 4) is 0 Å². The van der Waals surface area contributed by atoms with Crippen LogP contribution >= 0.6 is 15.9 Å². The first-order valence-corrected chi connectivity index (χ1v) is 7.26. The zero-order chi connectivity index (χ0) is 17.2. The molecule has 22 heavy (non-hydrogen) atoms. The minimum Gasteiger partial charge on any atom is -0.456 e. The Morgan fingerprint density at radius 2 is 2.00 bits per heavy atom. The quantitative estimate of drug-likeness (QED) is 0.239. The Hall–Kier alpha value is -1.90. The summed E-state index contributed by atoms with van der Waals surface area (Å²) in [4.78, 5) is 39.4. The Morgan fingerprint density at radius 1 is 1.36 bits per heavy atom. The van der Waals surface area contributed by atoms with Gasteiger partial charge in [-0.1, -0.05) is 15.9 Å². The summed E-state index contributed by atoms with van der Waals surface area (Å²) >= 11 is 3.04. The molecule has 0 rings (SSSR count). The number of amides is 2. The number of carbonyl (C=O) groups excluding carboxylic acids is 3. The smallest absolute Gasteiger partial charge is 0.410 e. The second-order valence-electron chi connectivity index (χ2n) is 5.00. The number of aldehydes is 1. The lowest BCUT2D eigenvalue weighted by Gasteiger charge is -2.19. The Bertz CT molecular complexity index is 457. The highest BCUT2D eigenvalue weighted by atomic mass is 79.9. The van der Waals surface area contributed by atoms with Crippen LogP contribution in [0.4, 0.5) is 4.79 Å². The van der Waals surface area contributed by atoms with Gasteiger partial charge in [-0.2, -0.15) is 0 Å². The topological polar surface area (TPSA) is 97.3 Å². The molecule has 0 radical (unpaired) electrons. The van der Waals surface area contributed by atoms with Crippen LogP contribution in [0.1, 0.15) is 27.7 Å². The molecule has 0 aromatic heterocycles. The highest BCUT2D eigenvalue weighted by Crippen LogP contribution is 2.07. The highest BCUT2D eigenvalue weighted by Gasteiger charge is 2.15. The number of nitrogens with zero attached hydrogens (tertiary/aromatic N) is 2. The maximum absolute atomic E-state index is 11.4. The van der Waals surface area contributed by atoms with E-state index in [0.717, 1.165) is 11.2 Å². The van der Waals surface area contributed by atoms with Gasteiger partial charge in [0.25, 0.3) is 0 Å². The summed E-state index contributed by atoms with van der Waals surface area (Å²) in [6.07, 6.45) is 1.12. The molecule has 0 aliphatic carbocycles. The molecule has 0 saturated carbocycles. The van der Waals surface area contributed by atoms with Gasteiger partial charge < -0.3 is 14.3 Å². The van der Waals surface area contributed by atoms with Crippen molar-refractivity contribution in [1.82, 2.24) is 10.2 Å². The van der Waals surface area contributed by atoms with E-state index < -0.39 is 11.7 Å². The van der Waals surface area contributed by atoms with Gasteiger partial charge in [0.1, 0.15) is 18.2 Å². The number of carbonyl (C=O) groups is 3. The summed E-state index contributed by atoms with van der Waals surface area (Å²) in [6, 6.07) is 0. The minimum absolute atomic E-state index is 0.105. The van der Waals surface area contributed by atoms with E-state index in [1.807, 2.05) is 0 Å². The van der Waals surface area contributed by atoms with E-state index in [-0.39, 0.29) is 25.1 Å². The second kappa shape index (κ2) is 9.93. The van der Waals surface area contributed by atoms with Gasteiger partial charge in [0.05, 0.1) is 6.54 Å². The van der Waals surface area contributed by atoms with Crippen LogP contribution in [0.3, 0.4) is 0 Å². The number of hydrogen-bond acceptors (Lipinski definition) is 6. The van der Waals surface area contributed by atoms with Crippen molar-refractivity contribution >= 4 is 40.6 Å². The first-order chi connectivity index (χ1) is 10.2. The van der Waals surface area contributed by atoms with E-state index >= 15 is 0 Å². The summed E-state index contributed by atoms with van der Waals surface area (Å²) in [6.45, 7) is 6.25. The zero-order valence-corrected chi connectivity index (χ0v) is 14.5. The van der Waals surface area contributed by atoms with Crippen LogP contribution in [0.2, 0.25) is 0 Å². The van der Waals surface area contributed by atoms with E-state index in [1.54, 1.807) is 20.8 Å². The Morgan fingerprint density at radius 3 is 2.45 bits per heavy atom. The highest BCUT2D eigenvalue weighted by molar-refractivity contribution is 9.11. The van der Waals surface area contributed by atoms with Crippen molar-refractivity contribution in [2.24, 2.45) is 4.99 Å². The van der Waals surface area contributed by atoms with E-state index in [1.165, 1.54) is 11.9 Å². The van der Waals surface area contributed by atoms with E-state index in [4.69, 9.17) is 9.47 Å². The van der Waals surface area contributed by atoms with Gasteiger partial charge in [0, 0.05) is 11.9 Å². The van der Waals surface area contributed by atoms with Gasteiger partial charge in [-0.15, -0.1) is 0 Å². The monoisotopic (exact) mass is 377 g/mol. The fourth-order valence-electron chi connectivity index (χ4n) is 1.04. The lowest BCUT2D eigenvalue weighted by Crippen LogP contribution is -2.33. The van der Waals surface area contributed by atoms with E-state index in [0.29, 0.717) is 6.29 Å². The Balaban J connectivity index is 4.36. The first kappa shape index (κ1) is 20.1. The lowest BCUT2D eigenvalue weighted by molar-refractivity contribution is -0.126. The molecule has 0 saturated heterocycles. The Kier molecular flexibility index (Phi) is 9.07. The molecule has 0 aliphatic rings. The fraction of sp³-hybridized carbons (Fsp3) is 0.538. The summed E-state index contributed by atoms with van der Waals surface area (Å²) in [5.74, 6) is -0.232. The number of rotatable bonds is 7. The molecule has 0 aromatic rings. The average molecular weight is 378 g/mol. The van der Waals surface area contributed by atoms with Crippen LogP contribution < -0.4 is 5.32 Å². The van der Waals surface area contributed by atoms with Crippen molar-refractivity contribution in [1.29, 1.82) is 0 Å². The first-order valence-electron chi connectivity index (χ1n) is 6.34. The van der Waals surface area contributed by atoms with Gasteiger partial charge in [0.15, 0.2) is 6.73 Å². The predicted molar refractivity (Wildman–Crippen MR) is 84.3 cm³/mol. The molecule has 8 nitrogen and oxygen atoms in total. The summed E-state index contributed by atoms with van der Waals surface area (Å²) in [7, 11) is 0. The van der Waals surface area contributed by atoms with Crippen molar-refractivity contribution in [3.05, 3.63) is 10.9 Å². The van der Waals surface area contributed by atoms with Crippen LogP contribution in [0.15, 0.2) is 15.9 Å². The van der Waals surface area contributed by atoms with Gasteiger partial charge in [-0.25, -0.2) is 9.79 Å². The number of ether oxygens (including phenoxy) is 2. The van der Waals surface area contributed by atoms with Gasteiger partial charge in [-0.3, -0.25) is 15.0 Å². The fourth-order valence-corrected chi connectivity index (χ4v) is 1.29. The SMILES string of the molecule is CC(=O)N(/C=N\C(=CBr)OCNC(=O)OC(C)(C)C)CC=O. The van der Waals surface area contributed by atoms with Gasteiger partial charge in [0.2, 0.25) is 11.8 Å². The standard InChI is InChI=1S/C13H20BrN3O5/c1-10(19)17(5-6-18)8-15-11(7-14)21-9-16-12(20)22-13(2,3)4/h6-8H,5,9H2,1-4H3,(H,16,20)/b11-7?,15-8-. The maximum Gasteiger partial charge on any atom is 0.410 e. The summed E-state index contributed by atoms with van der Waals surface area (Å²) in [5, 5.41) is 2.38. The normalized spacial score (nSPS) is 12.0. The number of alkyl carbamates (subject to hydrolysis) is 1. The van der Waals surface area contributed by atoms with E-state index in [9.17, 15) is 14.4 Å². The van der Waals surface area contributed by atoms with Gasteiger partial charge >= 0.3 is 6.09 Å². The van der Waals surface area contributed by atoms with Crippen molar-refractivity contribution < 1.29 is 23.9 Å². The molecular weight excluding hydrogens is 358 g/mol. The molecule has 0 aromatic carbocycles. The van der Waals surface area contributed by atoms with Crippen LogP contribution in [-0.4, -0.2) is 48.4 Å². The molecule has 0 atom stereocenters. The molecule has 0 spiro atoms. The molecule has 1 N–H and O–H groups in total. The Labute approximate surface area is 137 Å². The van der Waals surface area contributed by atoms with Crippen LogP contribution in [0.5, 0.6) is 0 Å². The molecule has 0 fully saturated rings. The maximum atomic E-state index is 11.4. The van der Waals surface area contributed by atoms with Crippen LogP contribution in [0.25, 0.3) is 0 Å². The molecule has 2 amide bonds. The summed E-state index contributed by atoms with van der Waals surface area (Å²) < 4.78 is 10.2. The molecular formula is C13H20BrN3O5. The number of halogens is 1. The lowest BCUT2D eigenvalue weighted by atomic mass is 10.2. The second-order valence-corrected chi connectivity index (χ2v) is 5.46. The van der Waals surface area contributed by atoms with Crippen molar-refractivity contribution in [2.75, 3.05) is 13.3 Å². The molecule has 0 unspecified atom stereocenters. The number of hydrogen-bond donors (Lipinski definition) is 1. The van der Waals surface area contributed by atoms with Crippen LogP contribution in [0, 0.1) is 0 Å². The third-order valence-electron chi connectivity index (χ3n) is 1.93. The molecule has 9 heteroatoms. The van der Waals surface area contributed by atoms with Crippen molar-refractivity contribution in [3.63, 3.8) is 0 Å². The van der Waals surface area contributed by atoms with Crippen LogP contribution in [-0.2, 0) is 19.1 Å². The molecule has 0 bridgehead atoms. The zero-order valence-electron chi connectivity index (χ0n) is 13.0. The third-order valence-corrected chi connectivity index (χ3v) is 2.32. The van der Waals surface area contributed by atoms with Gasteiger partial charge in [-0.05, 0) is 20.8 Å². The predicted octanol–water partition coefficient (Wildman–Crippen LogP) is 1.75. The van der Waals surface area contributed by atoms with E-state index in [2.05, 4.69) is 26.2 Å². The molecule has 0 heterocycles. The minimum atomic E-state index is -0.628. The molecule has 0 aliphatic heterocycles. The van der Waals surface area contributed by atoms with Crippen molar-refractivity contribution in [2.45, 2.75) is 33.3 Å². The third kappa shape index (κ3) is 9.92. The average Bonchev–Trinajstić information content (AvgIpc) is 2.38. The number of aliphatic imine (C=N–C) groups is 1.